The summed E-state index contributed by atoms with van der Waals surface area (Å²) in [6.45, 7) is 2.01. The maximum Gasteiger partial charge on any atom is 0.326 e. The second kappa shape index (κ2) is 13.6. The molecule has 1 atom stereocenters. The van der Waals surface area contributed by atoms with Crippen molar-refractivity contribution in [1.82, 2.24) is 10.3 Å². The van der Waals surface area contributed by atoms with E-state index in [2.05, 4.69) is 10.3 Å². The number of aliphatic carboxylic acids is 1. The van der Waals surface area contributed by atoms with Crippen molar-refractivity contribution in [2.24, 2.45) is 0 Å². The van der Waals surface area contributed by atoms with Crippen molar-refractivity contribution in [3.05, 3.63) is 113 Å². The van der Waals surface area contributed by atoms with Crippen molar-refractivity contribution in [3.8, 4) is 22.8 Å². The van der Waals surface area contributed by atoms with Crippen LogP contribution in [0.4, 0.5) is 0 Å². The normalized spacial score (nSPS) is 11.5. The predicted molar refractivity (Wildman–Crippen MR) is 157 cm³/mol. The van der Waals surface area contributed by atoms with Crippen molar-refractivity contribution >= 4 is 23.6 Å². The van der Waals surface area contributed by atoms with Crippen molar-refractivity contribution in [2.45, 2.75) is 32.2 Å². The maximum absolute atomic E-state index is 13.3. The molecule has 0 fully saturated rings. The van der Waals surface area contributed by atoms with Gasteiger partial charge in [-0.2, -0.15) is 11.8 Å². The molecule has 0 spiro atoms. The Hall–Kier alpha value is -4.10. The molecule has 0 saturated heterocycles. The number of hydrogen-bond donors (Lipinski definition) is 2. The Kier molecular flexibility index (Phi) is 9.75. The van der Waals surface area contributed by atoms with E-state index in [0.717, 1.165) is 46.4 Å². The van der Waals surface area contributed by atoms with Crippen LogP contribution in [0.5, 0.6) is 11.6 Å². The number of nitrogens with one attached hydrogen (secondary N) is 1. The molecule has 3 aromatic carbocycles. The molecule has 0 aliphatic carbocycles. The highest BCUT2D eigenvalue weighted by molar-refractivity contribution is 7.98. The number of pyridine rings is 1. The van der Waals surface area contributed by atoms with Crippen LogP contribution < -0.4 is 10.1 Å². The van der Waals surface area contributed by atoms with E-state index in [9.17, 15) is 14.7 Å². The second-order valence-corrected chi connectivity index (χ2v) is 10.2. The lowest BCUT2D eigenvalue weighted by Crippen LogP contribution is -2.41. The van der Waals surface area contributed by atoms with Crippen LogP contribution in [0.1, 0.15) is 33.5 Å². The molecule has 0 aliphatic heterocycles. The SMILES string of the molecule is CSCC[C@H](NC(=O)c1ccc(CCc2ccc(Oc3ccccc3)nc2)cc1-c1ccccc1C)C(=O)O. The topological polar surface area (TPSA) is 88.5 Å². The van der Waals surface area contributed by atoms with Gasteiger partial charge in [-0.15, -0.1) is 0 Å². The first kappa shape index (κ1) is 27.9. The number of carbonyl (C=O) groups excluding carboxylic acids is 1. The van der Waals surface area contributed by atoms with Gasteiger partial charge in [0.2, 0.25) is 5.88 Å². The molecule has 4 aromatic rings. The van der Waals surface area contributed by atoms with Gasteiger partial charge in [0.1, 0.15) is 11.8 Å². The van der Waals surface area contributed by atoms with Crippen molar-refractivity contribution in [1.29, 1.82) is 0 Å². The molecule has 0 unspecified atom stereocenters. The summed E-state index contributed by atoms with van der Waals surface area (Å²) in [5.41, 5.74) is 5.40. The van der Waals surface area contributed by atoms with Gasteiger partial charge < -0.3 is 15.2 Å². The first-order chi connectivity index (χ1) is 18.9. The molecule has 1 amide bonds. The molecule has 1 aromatic heterocycles. The zero-order valence-electron chi connectivity index (χ0n) is 22.1. The van der Waals surface area contributed by atoms with Gasteiger partial charge in [-0.05, 0) is 84.2 Å². The summed E-state index contributed by atoms with van der Waals surface area (Å²) in [5.74, 6) is 0.519. The Morgan fingerprint density at radius 1 is 0.923 bits per heavy atom. The summed E-state index contributed by atoms with van der Waals surface area (Å²) in [6.07, 6.45) is 5.63. The Balaban J connectivity index is 1.52. The number of hydrogen-bond acceptors (Lipinski definition) is 5. The third kappa shape index (κ3) is 7.71. The number of benzene rings is 3. The molecule has 2 N–H and O–H groups in total. The number of nitrogens with zero attached hydrogens (tertiary/aromatic N) is 1. The summed E-state index contributed by atoms with van der Waals surface area (Å²) < 4.78 is 5.78. The minimum absolute atomic E-state index is 0.364. The van der Waals surface area contributed by atoms with E-state index in [-0.39, 0.29) is 5.91 Å². The first-order valence-corrected chi connectivity index (χ1v) is 14.2. The number of rotatable bonds is 12. The number of aromatic nitrogens is 1. The fourth-order valence-corrected chi connectivity index (χ4v) is 4.76. The van der Waals surface area contributed by atoms with E-state index >= 15 is 0 Å². The van der Waals surface area contributed by atoms with Gasteiger partial charge >= 0.3 is 5.97 Å². The van der Waals surface area contributed by atoms with Gasteiger partial charge in [0, 0.05) is 17.8 Å². The minimum atomic E-state index is -1.03. The van der Waals surface area contributed by atoms with Crippen LogP contribution in [0.15, 0.2) is 91.1 Å². The van der Waals surface area contributed by atoms with E-state index in [1.165, 1.54) is 0 Å². The van der Waals surface area contributed by atoms with Gasteiger partial charge in [-0.3, -0.25) is 4.79 Å². The number of para-hydroxylation sites is 1. The molecule has 39 heavy (non-hydrogen) atoms. The molecule has 0 saturated carbocycles. The third-order valence-corrected chi connectivity index (χ3v) is 7.09. The van der Waals surface area contributed by atoms with Crippen LogP contribution in [0.2, 0.25) is 0 Å². The Morgan fingerprint density at radius 3 is 2.33 bits per heavy atom. The summed E-state index contributed by atoms with van der Waals surface area (Å²) in [4.78, 5) is 29.4. The van der Waals surface area contributed by atoms with Crippen LogP contribution >= 0.6 is 11.8 Å². The summed E-state index contributed by atoms with van der Waals surface area (Å²) >= 11 is 1.55. The monoisotopic (exact) mass is 540 g/mol. The number of ether oxygens (including phenoxy) is 1. The van der Waals surface area contributed by atoms with Gasteiger partial charge in [-0.1, -0.05) is 60.7 Å². The lowest BCUT2D eigenvalue weighted by Gasteiger charge is -2.17. The number of thioether (sulfide) groups is 1. The van der Waals surface area contributed by atoms with Crippen LogP contribution in [0.25, 0.3) is 11.1 Å². The number of carbonyl (C=O) groups is 2. The Bertz CT molecular complexity index is 1410. The van der Waals surface area contributed by atoms with Crippen LogP contribution in [-0.4, -0.2) is 40.0 Å². The standard InChI is InChI=1S/C32H32N2O4S/c1-22-8-6-7-11-26(22)28-20-23(14-16-27(28)31(35)34-29(32(36)37)18-19-39-2)12-13-24-15-17-30(33-21-24)38-25-9-4-3-5-10-25/h3-11,14-17,20-21,29H,12-13,18-19H2,1-2H3,(H,34,35)(H,36,37)/t29-/m0/s1. The van der Waals surface area contributed by atoms with Gasteiger partial charge in [0.05, 0.1) is 0 Å². The smallest absolute Gasteiger partial charge is 0.326 e. The first-order valence-electron chi connectivity index (χ1n) is 12.8. The molecule has 0 bridgehead atoms. The quantitative estimate of drug-likeness (QED) is 0.211. The average molecular weight is 541 g/mol. The van der Waals surface area contributed by atoms with Crippen molar-refractivity contribution in [3.63, 3.8) is 0 Å². The lowest BCUT2D eigenvalue weighted by molar-refractivity contribution is -0.139. The molecular formula is C32H32N2O4S. The fourth-order valence-electron chi connectivity index (χ4n) is 4.29. The number of carboxylic acid groups (broad SMARTS) is 1. The van der Waals surface area contributed by atoms with Crippen LogP contribution in [0, 0.1) is 6.92 Å². The number of amides is 1. The lowest BCUT2D eigenvalue weighted by atomic mass is 9.92. The Labute approximate surface area is 233 Å². The molecular weight excluding hydrogens is 508 g/mol. The third-order valence-electron chi connectivity index (χ3n) is 6.44. The highest BCUT2D eigenvalue weighted by Gasteiger charge is 2.22. The molecule has 7 heteroatoms. The zero-order chi connectivity index (χ0) is 27.6. The number of carboxylic acids is 1. The van der Waals surface area contributed by atoms with E-state index in [1.807, 2.05) is 98.2 Å². The summed E-state index contributed by atoms with van der Waals surface area (Å²) in [5, 5.41) is 12.3. The van der Waals surface area contributed by atoms with Gasteiger partial charge in [0.25, 0.3) is 5.91 Å². The minimum Gasteiger partial charge on any atom is -0.480 e. The predicted octanol–water partition coefficient (Wildman–Crippen LogP) is 6.57. The molecule has 4 rings (SSSR count). The van der Waals surface area contributed by atoms with Gasteiger partial charge in [-0.25, -0.2) is 9.78 Å². The van der Waals surface area contributed by atoms with E-state index in [0.29, 0.717) is 23.6 Å². The van der Waals surface area contributed by atoms with Crippen LogP contribution in [0.3, 0.4) is 0 Å². The maximum atomic E-state index is 13.3. The highest BCUT2D eigenvalue weighted by atomic mass is 32.2. The summed E-state index contributed by atoms with van der Waals surface area (Å²) in [6, 6.07) is 26.2. The molecule has 0 radical (unpaired) electrons. The van der Waals surface area contributed by atoms with Crippen molar-refractivity contribution < 1.29 is 19.4 Å². The summed E-state index contributed by atoms with van der Waals surface area (Å²) in [7, 11) is 0. The number of aryl methyl sites for hydroxylation is 3. The van der Waals surface area contributed by atoms with E-state index in [4.69, 9.17) is 4.74 Å². The van der Waals surface area contributed by atoms with Crippen molar-refractivity contribution in [2.75, 3.05) is 12.0 Å². The van der Waals surface area contributed by atoms with E-state index in [1.54, 1.807) is 17.8 Å². The Morgan fingerprint density at radius 2 is 1.64 bits per heavy atom. The molecule has 0 aliphatic rings. The van der Waals surface area contributed by atoms with E-state index < -0.39 is 12.0 Å². The van der Waals surface area contributed by atoms with Gasteiger partial charge in [0.15, 0.2) is 0 Å². The average Bonchev–Trinajstić information content (AvgIpc) is 2.95. The highest BCUT2D eigenvalue weighted by Crippen LogP contribution is 2.29. The van der Waals surface area contributed by atoms with Crippen LogP contribution in [-0.2, 0) is 17.6 Å². The largest absolute Gasteiger partial charge is 0.480 e. The molecule has 200 valence electrons. The molecule has 6 nitrogen and oxygen atoms in total. The zero-order valence-corrected chi connectivity index (χ0v) is 22.9. The second-order valence-electron chi connectivity index (χ2n) is 9.26. The molecule has 1 heterocycles. The fraction of sp³-hybridized carbons (Fsp3) is 0.219.